The van der Waals surface area contributed by atoms with Gasteiger partial charge >= 0.3 is 0 Å². The molecule has 150 valence electrons. The van der Waals surface area contributed by atoms with Gasteiger partial charge in [0.25, 0.3) is 0 Å². The van der Waals surface area contributed by atoms with Crippen LogP contribution < -0.4 is 10.6 Å². The molecule has 1 saturated carbocycles. The number of amides is 1. The Kier molecular flexibility index (Phi) is 6.39. The molecule has 0 unspecified atom stereocenters. The largest absolute Gasteiger partial charge is 0.376 e. The molecule has 1 fully saturated rings. The minimum atomic E-state index is -3.24. The zero-order valence-electron chi connectivity index (χ0n) is 16.4. The standard InChI is InChI=1S/C22H28N2O3S/c1-16(2)17-7-9-19(10-8-17)24-22(25)15-23-18-11-13-21(14-12-18)28(26,27)20-5-3-4-6-20/h7-14,16,20,23H,3-6,15H2,1-2H3,(H,24,25). The van der Waals surface area contributed by atoms with Crippen LogP contribution in [0.15, 0.2) is 53.4 Å². The number of rotatable bonds is 7. The summed E-state index contributed by atoms with van der Waals surface area (Å²) in [5.74, 6) is 0.298. The van der Waals surface area contributed by atoms with Crippen molar-refractivity contribution >= 4 is 27.1 Å². The van der Waals surface area contributed by atoms with E-state index < -0.39 is 9.84 Å². The van der Waals surface area contributed by atoms with Crippen LogP contribution in [0.2, 0.25) is 0 Å². The first kappa shape index (κ1) is 20.4. The Morgan fingerprint density at radius 1 is 0.964 bits per heavy atom. The Morgan fingerprint density at radius 2 is 1.54 bits per heavy atom. The second-order valence-electron chi connectivity index (χ2n) is 7.65. The first-order valence-corrected chi connectivity index (χ1v) is 11.4. The number of anilines is 2. The number of carbonyl (C=O) groups excluding carboxylic acids is 1. The molecule has 1 aliphatic carbocycles. The lowest BCUT2D eigenvalue weighted by Gasteiger charge is -2.12. The molecule has 3 rings (SSSR count). The first-order valence-electron chi connectivity index (χ1n) is 9.84. The SMILES string of the molecule is CC(C)c1ccc(NC(=O)CNc2ccc(S(=O)(=O)C3CCCC3)cc2)cc1. The summed E-state index contributed by atoms with van der Waals surface area (Å²) in [6.45, 7) is 4.37. The van der Waals surface area contributed by atoms with Gasteiger partial charge in [-0.2, -0.15) is 0 Å². The quantitative estimate of drug-likeness (QED) is 0.713. The molecule has 0 saturated heterocycles. The van der Waals surface area contributed by atoms with Crippen molar-refractivity contribution in [1.82, 2.24) is 0 Å². The third kappa shape index (κ3) is 4.93. The van der Waals surface area contributed by atoms with Gasteiger partial charge in [0.05, 0.1) is 16.7 Å². The van der Waals surface area contributed by atoms with Gasteiger partial charge in [0.15, 0.2) is 9.84 Å². The van der Waals surface area contributed by atoms with E-state index in [0.29, 0.717) is 10.8 Å². The minimum Gasteiger partial charge on any atom is -0.376 e. The molecule has 0 bridgehead atoms. The van der Waals surface area contributed by atoms with Gasteiger partial charge in [-0.3, -0.25) is 4.79 Å². The van der Waals surface area contributed by atoms with Gasteiger partial charge in [0, 0.05) is 11.4 Å². The summed E-state index contributed by atoms with van der Waals surface area (Å²) >= 11 is 0. The Hall–Kier alpha value is -2.34. The first-order chi connectivity index (χ1) is 13.4. The third-order valence-corrected chi connectivity index (χ3v) is 7.52. The summed E-state index contributed by atoms with van der Waals surface area (Å²) in [6, 6.07) is 14.5. The molecule has 1 aliphatic rings. The fourth-order valence-electron chi connectivity index (χ4n) is 3.49. The van der Waals surface area contributed by atoms with Crippen molar-refractivity contribution in [2.45, 2.75) is 55.6 Å². The highest BCUT2D eigenvalue weighted by atomic mass is 32.2. The molecule has 28 heavy (non-hydrogen) atoms. The molecule has 1 amide bonds. The second kappa shape index (κ2) is 8.78. The lowest BCUT2D eigenvalue weighted by atomic mass is 10.0. The normalized spacial score (nSPS) is 15.0. The van der Waals surface area contributed by atoms with Crippen molar-refractivity contribution in [3.63, 3.8) is 0 Å². The lowest BCUT2D eigenvalue weighted by molar-refractivity contribution is -0.114. The summed E-state index contributed by atoms with van der Waals surface area (Å²) in [4.78, 5) is 12.5. The van der Waals surface area contributed by atoms with Gasteiger partial charge in [-0.05, 0) is 60.7 Å². The van der Waals surface area contributed by atoms with E-state index in [1.807, 2.05) is 24.3 Å². The minimum absolute atomic E-state index is 0.112. The van der Waals surface area contributed by atoms with E-state index in [9.17, 15) is 13.2 Å². The molecule has 0 aromatic heterocycles. The molecule has 5 nitrogen and oxygen atoms in total. The predicted octanol–water partition coefficient (Wildman–Crippen LogP) is 4.58. The number of sulfone groups is 1. The smallest absolute Gasteiger partial charge is 0.243 e. The molecule has 0 radical (unpaired) electrons. The molecule has 0 atom stereocenters. The van der Waals surface area contributed by atoms with Crippen molar-refractivity contribution in [3.8, 4) is 0 Å². The van der Waals surface area contributed by atoms with Crippen LogP contribution in [-0.4, -0.2) is 26.1 Å². The summed E-state index contributed by atoms with van der Waals surface area (Å²) in [6.07, 6.45) is 3.47. The Bertz CT molecular complexity index is 898. The fourth-order valence-corrected chi connectivity index (χ4v) is 5.35. The van der Waals surface area contributed by atoms with Gasteiger partial charge in [0.2, 0.25) is 5.91 Å². The maximum absolute atomic E-state index is 12.6. The molecule has 0 aliphatic heterocycles. The molecule has 2 N–H and O–H groups in total. The number of carbonyl (C=O) groups is 1. The Labute approximate surface area is 167 Å². The topological polar surface area (TPSA) is 75.3 Å². The van der Waals surface area contributed by atoms with Gasteiger partial charge in [-0.1, -0.05) is 38.8 Å². The molecular weight excluding hydrogens is 372 g/mol. The van der Waals surface area contributed by atoms with Gasteiger partial charge in [0.1, 0.15) is 0 Å². The zero-order chi connectivity index (χ0) is 20.1. The van der Waals surface area contributed by atoms with Crippen molar-refractivity contribution < 1.29 is 13.2 Å². The molecular formula is C22H28N2O3S. The van der Waals surface area contributed by atoms with Crippen LogP contribution in [0.1, 0.15) is 51.0 Å². The number of benzene rings is 2. The summed E-state index contributed by atoms with van der Waals surface area (Å²) in [5, 5.41) is 5.64. The van der Waals surface area contributed by atoms with E-state index in [0.717, 1.165) is 37.1 Å². The van der Waals surface area contributed by atoms with Crippen LogP contribution in [0.4, 0.5) is 11.4 Å². The van der Waals surface area contributed by atoms with Crippen LogP contribution in [-0.2, 0) is 14.6 Å². The van der Waals surface area contributed by atoms with Crippen molar-refractivity contribution in [1.29, 1.82) is 0 Å². The molecule has 6 heteroatoms. The zero-order valence-corrected chi connectivity index (χ0v) is 17.3. The average Bonchev–Trinajstić information content (AvgIpc) is 3.23. The van der Waals surface area contributed by atoms with E-state index in [-0.39, 0.29) is 17.7 Å². The number of hydrogen-bond donors (Lipinski definition) is 2. The van der Waals surface area contributed by atoms with Gasteiger partial charge in [-0.25, -0.2) is 8.42 Å². The maximum Gasteiger partial charge on any atom is 0.243 e. The molecule has 2 aromatic carbocycles. The second-order valence-corrected chi connectivity index (χ2v) is 9.88. The predicted molar refractivity (Wildman–Crippen MR) is 114 cm³/mol. The van der Waals surface area contributed by atoms with Crippen LogP contribution in [0.3, 0.4) is 0 Å². The Balaban J connectivity index is 1.53. The highest BCUT2D eigenvalue weighted by molar-refractivity contribution is 7.92. The van der Waals surface area contributed by atoms with Gasteiger partial charge in [-0.15, -0.1) is 0 Å². The lowest BCUT2D eigenvalue weighted by Crippen LogP contribution is -2.22. The van der Waals surface area contributed by atoms with Crippen molar-refractivity contribution in [2.75, 3.05) is 17.2 Å². The van der Waals surface area contributed by atoms with E-state index in [2.05, 4.69) is 24.5 Å². The van der Waals surface area contributed by atoms with E-state index in [1.165, 1.54) is 5.56 Å². The number of hydrogen-bond acceptors (Lipinski definition) is 4. The highest BCUT2D eigenvalue weighted by Crippen LogP contribution is 2.30. The fraction of sp³-hybridized carbons (Fsp3) is 0.409. The van der Waals surface area contributed by atoms with Crippen molar-refractivity contribution in [2.24, 2.45) is 0 Å². The maximum atomic E-state index is 12.6. The third-order valence-electron chi connectivity index (χ3n) is 5.24. The van der Waals surface area contributed by atoms with E-state index >= 15 is 0 Å². The van der Waals surface area contributed by atoms with Crippen LogP contribution >= 0.6 is 0 Å². The molecule has 2 aromatic rings. The Morgan fingerprint density at radius 3 is 2.11 bits per heavy atom. The summed E-state index contributed by atoms with van der Waals surface area (Å²) in [5.41, 5.74) is 2.70. The van der Waals surface area contributed by atoms with E-state index in [4.69, 9.17) is 0 Å². The monoisotopic (exact) mass is 400 g/mol. The van der Waals surface area contributed by atoms with Crippen LogP contribution in [0, 0.1) is 0 Å². The molecule has 0 heterocycles. The van der Waals surface area contributed by atoms with E-state index in [1.54, 1.807) is 24.3 Å². The highest BCUT2D eigenvalue weighted by Gasteiger charge is 2.30. The van der Waals surface area contributed by atoms with Crippen molar-refractivity contribution in [3.05, 3.63) is 54.1 Å². The van der Waals surface area contributed by atoms with Gasteiger partial charge < -0.3 is 10.6 Å². The summed E-state index contributed by atoms with van der Waals surface area (Å²) in [7, 11) is -3.24. The average molecular weight is 401 g/mol. The number of nitrogens with one attached hydrogen (secondary N) is 2. The van der Waals surface area contributed by atoms with Crippen LogP contribution in [0.5, 0.6) is 0 Å². The summed E-state index contributed by atoms with van der Waals surface area (Å²) < 4.78 is 25.2. The molecule has 0 spiro atoms. The van der Waals surface area contributed by atoms with Crippen LogP contribution in [0.25, 0.3) is 0 Å².